The van der Waals surface area contributed by atoms with Crippen molar-refractivity contribution in [2.24, 2.45) is 11.8 Å². The Morgan fingerprint density at radius 3 is 2.75 bits per heavy atom. The molecular weight excluding hydrogens is 306 g/mol. The highest BCUT2D eigenvalue weighted by molar-refractivity contribution is 6.23. The number of rotatable bonds is 6. The molecule has 0 aromatic carbocycles. The zero-order valence-corrected chi connectivity index (χ0v) is 14.2. The monoisotopic (exact) mass is 329 g/mol. The van der Waals surface area contributed by atoms with Gasteiger partial charge in [0.1, 0.15) is 11.3 Å². The van der Waals surface area contributed by atoms with Crippen LogP contribution in [0.15, 0.2) is 41.9 Å². The van der Waals surface area contributed by atoms with E-state index in [2.05, 4.69) is 4.98 Å². The predicted molar refractivity (Wildman–Crippen MR) is 91.0 cm³/mol. The summed E-state index contributed by atoms with van der Waals surface area (Å²) in [5.41, 5.74) is 0.758. The Morgan fingerprint density at radius 1 is 1.38 bits per heavy atom. The molecule has 0 amide bonds. The minimum Gasteiger partial charge on any atom is -0.511 e. The molecule has 2 atom stereocenters. The molecule has 1 aliphatic rings. The minimum atomic E-state index is -0.771. The van der Waals surface area contributed by atoms with Crippen LogP contribution in [0.4, 0.5) is 0 Å². The van der Waals surface area contributed by atoms with E-state index in [1.54, 1.807) is 19.3 Å². The Bertz CT molecular complexity index is 661. The second-order valence-electron chi connectivity index (χ2n) is 6.47. The lowest BCUT2D eigenvalue weighted by molar-refractivity contribution is -0.141. The summed E-state index contributed by atoms with van der Waals surface area (Å²) < 4.78 is 5.11. The average molecular weight is 329 g/mol. The number of hydrogen-bond acceptors (Lipinski definition) is 5. The number of carbonyl (C=O) groups is 2. The Hall–Kier alpha value is -2.43. The SMILES string of the molecule is CC(C)CC1OC(=O)C(=C(O)C(C)C/C=C\c2cccnc2)C1=O. The van der Waals surface area contributed by atoms with Gasteiger partial charge in [0.25, 0.3) is 0 Å². The van der Waals surface area contributed by atoms with Gasteiger partial charge in [-0.3, -0.25) is 9.78 Å². The van der Waals surface area contributed by atoms with Crippen LogP contribution < -0.4 is 0 Å². The molecule has 128 valence electrons. The summed E-state index contributed by atoms with van der Waals surface area (Å²) in [7, 11) is 0. The number of cyclic esters (lactones) is 1. The van der Waals surface area contributed by atoms with Crippen molar-refractivity contribution >= 4 is 17.8 Å². The Labute approximate surface area is 142 Å². The maximum Gasteiger partial charge on any atom is 0.346 e. The molecule has 24 heavy (non-hydrogen) atoms. The van der Waals surface area contributed by atoms with Gasteiger partial charge in [0.15, 0.2) is 6.10 Å². The number of aromatic nitrogens is 1. The first-order chi connectivity index (χ1) is 11.4. The Morgan fingerprint density at radius 2 is 2.12 bits per heavy atom. The van der Waals surface area contributed by atoms with Gasteiger partial charge >= 0.3 is 5.97 Å². The highest BCUT2D eigenvalue weighted by atomic mass is 16.6. The quantitative estimate of drug-likeness (QED) is 0.374. The molecule has 1 aromatic heterocycles. The van der Waals surface area contributed by atoms with Crippen molar-refractivity contribution < 1.29 is 19.4 Å². The van der Waals surface area contributed by atoms with Gasteiger partial charge in [-0.05, 0) is 30.4 Å². The normalized spacial score (nSPS) is 21.4. The van der Waals surface area contributed by atoms with Crippen LogP contribution in [-0.4, -0.2) is 27.9 Å². The van der Waals surface area contributed by atoms with Crippen LogP contribution in [0.1, 0.15) is 39.2 Å². The van der Waals surface area contributed by atoms with E-state index in [9.17, 15) is 14.7 Å². The van der Waals surface area contributed by atoms with Crippen LogP contribution in [0.5, 0.6) is 0 Å². The molecule has 2 heterocycles. The van der Waals surface area contributed by atoms with E-state index in [1.807, 2.05) is 38.1 Å². The summed E-state index contributed by atoms with van der Waals surface area (Å²) in [6.45, 7) is 5.68. The molecule has 0 bridgehead atoms. The Kier molecular flexibility index (Phi) is 5.90. The third-order valence-electron chi connectivity index (χ3n) is 3.89. The highest BCUT2D eigenvalue weighted by Gasteiger charge is 2.41. The largest absolute Gasteiger partial charge is 0.511 e. The summed E-state index contributed by atoms with van der Waals surface area (Å²) >= 11 is 0. The van der Waals surface area contributed by atoms with E-state index >= 15 is 0 Å². The molecule has 1 aliphatic heterocycles. The van der Waals surface area contributed by atoms with E-state index in [0.29, 0.717) is 12.8 Å². The fourth-order valence-corrected chi connectivity index (χ4v) is 2.56. The number of pyridine rings is 1. The minimum absolute atomic E-state index is 0.188. The number of ketones is 1. The molecule has 2 rings (SSSR count). The van der Waals surface area contributed by atoms with Gasteiger partial charge in [-0.25, -0.2) is 4.79 Å². The molecular formula is C19H23NO4. The van der Waals surface area contributed by atoms with E-state index in [-0.39, 0.29) is 23.2 Å². The van der Waals surface area contributed by atoms with Crippen molar-refractivity contribution in [3.05, 3.63) is 47.5 Å². The molecule has 1 saturated heterocycles. The average Bonchev–Trinajstić information content (AvgIpc) is 2.81. The smallest absolute Gasteiger partial charge is 0.346 e. The van der Waals surface area contributed by atoms with Crippen molar-refractivity contribution in [3.63, 3.8) is 0 Å². The van der Waals surface area contributed by atoms with Gasteiger partial charge < -0.3 is 9.84 Å². The van der Waals surface area contributed by atoms with Crippen LogP contribution in [-0.2, 0) is 14.3 Å². The number of allylic oxidation sites excluding steroid dienone is 2. The first-order valence-electron chi connectivity index (χ1n) is 8.15. The summed E-state index contributed by atoms with van der Waals surface area (Å²) in [6, 6.07) is 3.76. The maximum absolute atomic E-state index is 12.3. The van der Waals surface area contributed by atoms with E-state index < -0.39 is 17.9 Å². The van der Waals surface area contributed by atoms with Crippen molar-refractivity contribution in [2.45, 2.75) is 39.7 Å². The molecule has 5 nitrogen and oxygen atoms in total. The second kappa shape index (κ2) is 7.90. The van der Waals surface area contributed by atoms with Crippen molar-refractivity contribution in [1.82, 2.24) is 4.98 Å². The van der Waals surface area contributed by atoms with E-state index in [1.165, 1.54) is 0 Å². The fraction of sp³-hybridized carbons (Fsp3) is 0.421. The molecule has 1 fully saturated rings. The molecule has 5 heteroatoms. The van der Waals surface area contributed by atoms with E-state index in [4.69, 9.17) is 4.74 Å². The first kappa shape index (κ1) is 17.9. The number of carbonyl (C=O) groups excluding carboxylic acids is 2. The molecule has 0 radical (unpaired) electrons. The highest BCUT2D eigenvalue weighted by Crippen LogP contribution is 2.27. The predicted octanol–water partition coefficient (Wildman–Crippen LogP) is 3.47. The topological polar surface area (TPSA) is 76.5 Å². The van der Waals surface area contributed by atoms with Crippen molar-refractivity contribution in [2.75, 3.05) is 0 Å². The number of esters is 1. The van der Waals surface area contributed by atoms with Gasteiger partial charge in [0, 0.05) is 18.3 Å². The number of nitrogens with zero attached hydrogens (tertiary/aromatic N) is 1. The number of aliphatic hydroxyl groups excluding tert-OH is 1. The number of Topliss-reactive ketones (excluding diaryl/α,β-unsaturated/α-hetero) is 1. The van der Waals surface area contributed by atoms with Crippen LogP contribution in [0.2, 0.25) is 0 Å². The van der Waals surface area contributed by atoms with Crippen LogP contribution in [0.25, 0.3) is 6.08 Å². The molecule has 0 saturated carbocycles. The second-order valence-corrected chi connectivity index (χ2v) is 6.47. The first-order valence-corrected chi connectivity index (χ1v) is 8.15. The number of hydrogen-bond donors (Lipinski definition) is 1. The molecule has 1 N–H and O–H groups in total. The lowest BCUT2D eigenvalue weighted by atomic mass is 9.95. The van der Waals surface area contributed by atoms with Crippen LogP contribution >= 0.6 is 0 Å². The summed E-state index contributed by atoms with van der Waals surface area (Å²) in [5.74, 6) is -1.43. The van der Waals surface area contributed by atoms with Crippen LogP contribution in [0, 0.1) is 11.8 Å². The zero-order valence-electron chi connectivity index (χ0n) is 14.2. The van der Waals surface area contributed by atoms with Gasteiger partial charge in [0.05, 0.1) is 0 Å². The maximum atomic E-state index is 12.3. The summed E-state index contributed by atoms with van der Waals surface area (Å²) in [4.78, 5) is 28.2. The molecule has 0 spiro atoms. The molecule has 2 unspecified atom stereocenters. The standard InChI is InChI=1S/C19H23NO4/c1-12(2)10-15-18(22)16(19(23)24-15)17(21)13(3)6-4-7-14-8-5-9-20-11-14/h4-5,7-9,11-13,15,21H,6,10H2,1-3H3/b7-4-,17-16?. The Balaban J connectivity index is 2.06. The van der Waals surface area contributed by atoms with Crippen LogP contribution in [0.3, 0.4) is 0 Å². The zero-order chi connectivity index (χ0) is 17.7. The van der Waals surface area contributed by atoms with Gasteiger partial charge in [0.2, 0.25) is 5.78 Å². The van der Waals surface area contributed by atoms with E-state index in [0.717, 1.165) is 5.56 Å². The summed E-state index contributed by atoms with van der Waals surface area (Å²) in [5, 5.41) is 10.3. The van der Waals surface area contributed by atoms with Gasteiger partial charge in [-0.2, -0.15) is 0 Å². The van der Waals surface area contributed by atoms with Crippen molar-refractivity contribution in [3.8, 4) is 0 Å². The fourth-order valence-electron chi connectivity index (χ4n) is 2.56. The lowest BCUT2D eigenvalue weighted by Gasteiger charge is -2.10. The van der Waals surface area contributed by atoms with Gasteiger partial charge in [-0.1, -0.05) is 39.0 Å². The number of ether oxygens (including phenoxy) is 1. The molecule has 0 aliphatic carbocycles. The third kappa shape index (κ3) is 4.31. The number of aliphatic hydroxyl groups is 1. The summed E-state index contributed by atoms with van der Waals surface area (Å²) in [6.07, 6.45) is 7.39. The molecule has 1 aromatic rings. The van der Waals surface area contributed by atoms with Gasteiger partial charge in [-0.15, -0.1) is 0 Å². The van der Waals surface area contributed by atoms with Crippen molar-refractivity contribution in [1.29, 1.82) is 0 Å². The lowest BCUT2D eigenvalue weighted by Crippen LogP contribution is -2.19. The third-order valence-corrected chi connectivity index (χ3v) is 3.89.